The standard InChI is InChI=1S/C13H22N2O2/c1-13(2)7-11(16)15(12(13)17)10(8-14)9-5-3-4-6-9/h9-10H,3-8,14H2,1-2H3. The molecule has 1 aliphatic heterocycles. The summed E-state index contributed by atoms with van der Waals surface area (Å²) in [6, 6.07) is -0.0701. The van der Waals surface area contributed by atoms with Gasteiger partial charge in [-0.1, -0.05) is 26.7 Å². The predicted octanol–water partition coefficient (Wildman–Crippen LogP) is 1.29. The summed E-state index contributed by atoms with van der Waals surface area (Å²) in [5, 5.41) is 0. The SMILES string of the molecule is CC1(C)CC(=O)N(C(CN)C2CCCC2)C1=O. The minimum atomic E-state index is -0.539. The van der Waals surface area contributed by atoms with E-state index in [0.29, 0.717) is 18.9 Å². The van der Waals surface area contributed by atoms with Crippen LogP contribution in [0.1, 0.15) is 46.0 Å². The lowest BCUT2D eigenvalue weighted by Gasteiger charge is -2.31. The number of amides is 2. The maximum absolute atomic E-state index is 12.2. The number of imide groups is 1. The van der Waals surface area contributed by atoms with Crippen LogP contribution in [0.3, 0.4) is 0 Å². The number of nitrogens with zero attached hydrogens (tertiary/aromatic N) is 1. The normalized spacial score (nSPS) is 26.9. The zero-order chi connectivity index (χ0) is 12.6. The van der Waals surface area contributed by atoms with Crippen molar-refractivity contribution in [3.8, 4) is 0 Å². The topological polar surface area (TPSA) is 63.4 Å². The summed E-state index contributed by atoms with van der Waals surface area (Å²) < 4.78 is 0. The van der Waals surface area contributed by atoms with Crippen LogP contribution in [0.15, 0.2) is 0 Å². The van der Waals surface area contributed by atoms with E-state index in [1.807, 2.05) is 13.8 Å². The lowest BCUT2D eigenvalue weighted by atomic mass is 9.91. The Kier molecular flexibility index (Phi) is 3.25. The van der Waals surface area contributed by atoms with Crippen LogP contribution >= 0.6 is 0 Å². The van der Waals surface area contributed by atoms with Crippen molar-refractivity contribution >= 4 is 11.8 Å². The van der Waals surface area contributed by atoms with Gasteiger partial charge in [0.1, 0.15) is 0 Å². The molecule has 1 saturated carbocycles. The summed E-state index contributed by atoms with van der Waals surface area (Å²) >= 11 is 0. The Morgan fingerprint density at radius 2 is 1.94 bits per heavy atom. The van der Waals surface area contributed by atoms with Crippen LogP contribution in [0.25, 0.3) is 0 Å². The smallest absolute Gasteiger partial charge is 0.235 e. The van der Waals surface area contributed by atoms with Crippen molar-refractivity contribution in [3.63, 3.8) is 0 Å². The van der Waals surface area contributed by atoms with E-state index in [1.165, 1.54) is 17.7 Å². The van der Waals surface area contributed by atoms with Crippen LogP contribution in [0, 0.1) is 11.3 Å². The zero-order valence-corrected chi connectivity index (χ0v) is 10.7. The third kappa shape index (κ3) is 2.10. The van der Waals surface area contributed by atoms with Gasteiger partial charge in [0.25, 0.3) is 0 Å². The minimum Gasteiger partial charge on any atom is -0.328 e. The van der Waals surface area contributed by atoms with Crippen LogP contribution < -0.4 is 5.73 Å². The molecule has 1 saturated heterocycles. The highest BCUT2D eigenvalue weighted by Crippen LogP contribution is 2.37. The first-order chi connectivity index (χ1) is 7.97. The fraction of sp³-hybridized carbons (Fsp3) is 0.846. The van der Waals surface area contributed by atoms with Gasteiger partial charge in [-0.05, 0) is 18.8 Å². The molecule has 4 heteroatoms. The fourth-order valence-corrected chi connectivity index (χ4v) is 3.16. The largest absolute Gasteiger partial charge is 0.328 e. The Labute approximate surface area is 103 Å². The molecule has 96 valence electrons. The summed E-state index contributed by atoms with van der Waals surface area (Å²) in [6.07, 6.45) is 4.91. The van der Waals surface area contributed by atoms with Gasteiger partial charge in [-0.2, -0.15) is 0 Å². The second-order valence-electron chi connectivity index (χ2n) is 5.98. The van der Waals surface area contributed by atoms with Gasteiger partial charge in [-0.3, -0.25) is 14.5 Å². The van der Waals surface area contributed by atoms with E-state index in [2.05, 4.69) is 0 Å². The summed E-state index contributed by atoms with van der Waals surface area (Å²) in [4.78, 5) is 25.7. The minimum absolute atomic E-state index is 0.0372. The van der Waals surface area contributed by atoms with Gasteiger partial charge in [-0.25, -0.2) is 0 Å². The molecule has 17 heavy (non-hydrogen) atoms. The second kappa shape index (κ2) is 4.41. The highest BCUT2D eigenvalue weighted by Gasteiger charge is 2.48. The first-order valence-corrected chi connectivity index (χ1v) is 6.54. The molecule has 2 fully saturated rings. The Morgan fingerprint density at radius 3 is 2.35 bits per heavy atom. The van der Waals surface area contributed by atoms with Gasteiger partial charge in [0.2, 0.25) is 11.8 Å². The zero-order valence-electron chi connectivity index (χ0n) is 10.7. The van der Waals surface area contributed by atoms with Crippen molar-refractivity contribution in [2.75, 3.05) is 6.54 Å². The number of likely N-dealkylation sites (tertiary alicyclic amines) is 1. The fourth-order valence-electron chi connectivity index (χ4n) is 3.16. The summed E-state index contributed by atoms with van der Waals surface area (Å²) in [6.45, 7) is 4.09. The molecular formula is C13H22N2O2. The molecule has 1 aliphatic carbocycles. The van der Waals surface area contributed by atoms with Crippen molar-refractivity contribution in [3.05, 3.63) is 0 Å². The van der Waals surface area contributed by atoms with E-state index in [1.54, 1.807) is 0 Å². The van der Waals surface area contributed by atoms with Gasteiger partial charge in [0, 0.05) is 13.0 Å². The van der Waals surface area contributed by atoms with Crippen LogP contribution in [-0.2, 0) is 9.59 Å². The van der Waals surface area contributed by atoms with Crippen LogP contribution in [0.2, 0.25) is 0 Å². The van der Waals surface area contributed by atoms with E-state index in [-0.39, 0.29) is 17.9 Å². The Bertz CT molecular complexity index is 332. The number of nitrogens with two attached hydrogens (primary N) is 1. The maximum Gasteiger partial charge on any atom is 0.235 e. The Balaban J connectivity index is 2.19. The van der Waals surface area contributed by atoms with Crippen LogP contribution in [0.4, 0.5) is 0 Å². The van der Waals surface area contributed by atoms with E-state index in [9.17, 15) is 9.59 Å². The van der Waals surface area contributed by atoms with Gasteiger partial charge < -0.3 is 5.73 Å². The summed E-state index contributed by atoms with van der Waals surface area (Å²) in [5.74, 6) is 0.342. The molecule has 1 heterocycles. The molecule has 1 atom stereocenters. The quantitative estimate of drug-likeness (QED) is 0.753. The monoisotopic (exact) mass is 238 g/mol. The molecule has 2 N–H and O–H groups in total. The number of hydrogen-bond donors (Lipinski definition) is 1. The molecule has 0 aromatic carbocycles. The van der Waals surface area contributed by atoms with E-state index >= 15 is 0 Å². The van der Waals surface area contributed by atoms with Crippen molar-refractivity contribution in [2.45, 2.75) is 52.0 Å². The third-order valence-corrected chi connectivity index (χ3v) is 4.18. The second-order valence-corrected chi connectivity index (χ2v) is 5.98. The molecule has 0 aromatic rings. The molecule has 2 amide bonds. The molecule has 0 spiro atoms. The lowest BCUT2D eigenvalue weighted by Crippen LogP contribution is -2.49. The highest BCUT2D eigenvalue weighted by atomic mass is 16.2. The molecule has 2 aliphatic rings. The molecular weight excluding hydrogens is 216 g/mol. The lowest BCUT2D eigenvalue weighted by molar-refractivity contribution is -0.144. The molecule has 4 nitrogen and oxygen atoms in total. The van der Waals surface area contributed by atoms with E-state index < -0.39 is 5.41 Å². The van der Waals surface area contributed by atoms with Gasteiger partial charge >= 0.3 is 0 Å². The molecule has 1 unspecified atom stereocenters. The summed E-state index contributed by atoms with van der Waals surface area (Å²) in [5.41, 5.74) is 5.26. The third-order valence-electron chi connectivity index (χ3n) is 4.18. The Hall–Kier alpha value is -0.900. The van der Waals surface area contributed by atoms with Crippen molar-refractivity contribution in [2.24, 2.45) is 17.1 Å². The number of hydrogen-bond acceptors (Lipinski definition) is 3. The van der Waals surface area contributed by atoms with Gasteiger partial charge in [-0.15, -0.1) is 0 Å². The summed E-state index contributed by atoms with van der Waals surface area (Å²) in [7, 11) is 0. The highest BCUT2D eigenvalue weighted by molar-refractivity contribution is 6.05. The molecule has 0 aromatic heterocycles. The number of rotatable bonds is 3. The number of carbonyl (C=O) groups excluding carboxylic acids is 2. The molecule has 2 rings (SSSR count). The predicted molar refractivity (Wildman–Crippen MR) is 65.1 cm³/mol. The molecule has 0 radical (unpaired) electrons. The average molecular weight is 238 g/mol. The van der Waals surface area contributed by atoms with Gasteiger partial charge in [0.05, 0.1) is 11.5 Å². The number of carbonyl (C=O) groups is 2. The maximum atomic E-state index is 12.2. The average Bonchev–Trinajstić information content (AvgIpc) is 2.82. The van der Waals surface area contributed by atoms with E-state index in [0.717, 1.165) is 12.8 Å². The van der Waals surface area contributed by atoms with Crippen molar-refractivity contribution in [1.82, 2.24) is 4.90 Å². The first kappa shape index (κ1) is 12.6. The van der Waals surface area contributed by atoms with Gasteiger partial charge in [0.15, 0.2) is 0 Å². The first-order valence-electron chi connectivity index (χ1n) is 6.54. The van der Waals surface area contributed by atoms with Crippen LogP contribution in [0.5, 0.6) is 0 Å². The van der Waals surface area contributed by atoms with E-state index in [4.69, 9.17) is 5.73 Å². The molecule has 0 bridgehead atoms. The van der Waals surface area contributed by atoms with Crippen molar-refractivity contribution < 1.29 is 9.59 Å². The Morgan fingerprint density at radius 1 is 1.35 bits per heavy atom. The van der Waals surface area contributed by atoms with Crippen LogP contribution in [-0.4, -0.2) is 29.3 Å². The van der Waals surface area contributed by atoms with Crippen molar-refractivity contribution in [1.29, 1.82) is 0 Å².